The Labute approximate surface area is 109 Å². The van der Waals surface area contributed by atoms with Crippen LogP contribution in [0.5, 0.6) is 0 Å². The van der Waals surface area contributed by atoms with Gasteiger partial charge in [0.25, 0.3) is 0 Å². The van der Waals surface area contributed by atoms with E-state index in [-0.39, 0.29) is 0 Å². The molecule has 0 heterocycles. The third-order valence-electron chi connectivity index (χ3n) is 4.60. The highest BCUT2D eigenvalue weighted by atomic mass is 14.9. The predicted octanol–water partition coefficient (Wildman–Crippen LogP) is 4.62. The largest absolute Gasteiger partial charge is 0.314 e. The summed E-state index contributed by atoms with van der Waals surface area (Å²) >= 11 is 0. The van der Waals surface area contributed by atoms with E-state index < -0.39 is 0 Å². The Kier molecular flexibility index (Phi) is 5.99. The van der Waals surface area contributed by atoms with Crippen LogP contribution < -0.4 is 5.32 Å². The second-order valence-electron chi connectivity index (χ2n) is 6.98. The summed E-state index contributed by atoms with van der Waals surface area (Å²) in [5.41, 5.74) is 0.544. The molecule has 17 heavy (non-hydrogen) atoms. The van der Waals surface area contributed by atoms with Gasteiger partial charge in [0.05, 0.1) is 0 Å². The predicted molar refractivity (Wildman–Crippen MR) is 77.3 cm³/mol. The number of rotatable bonds is 6. The molecule has 0 aromatic rings. The van der Waals surface area contributed by atoms with Crippen molar-refractivity contribution in [3.05, 3.63) is 0 Å². The van der Waals surface area contributed by atoms with Gasteiger partial charge >= 0.3 is 0 Å². The molecule has 2 atom stereocenters. The van der Waals surface area contributed by atoms with E-state index >= 15 is 0 Å². The van der Waals surface area contributed by atoms with Crippen molar-refractivity contribution in [3.8, 4) is 0 Å². The van der Waals surface area contributed by atoms with Crippen LogP contribution in [-0.2, 0) is 0 Å². The van der Waals surface area contributed by atoms with Crippen LogP contribution in [0.2, 0.25) is 0 Å². The topological polar surface area (TPSA) is 12.0 Å². The summed E-state index contributed by atoms with van der Waals surface area (Å²) in [7, 11) is 0. The van der Waals surface area contributed by atoms with Crippen LogP contribution in [0.4, 0.5) is 0 Å². The molecule has 0 saturated heterocycles. The first-order chi connectivity index (χ1) is 7.97. The lowest BCUT2D eigenvalue weighted by Crippen LogP contribution is -2.44. The van der Waals surface area contributed by atoms with Gasteiger partial charge in [0, 0.05) is 6.04 Å². The molecule has 0 amide bonds. The quantitative estimate of drug-likeness (QED) is 0.713. The van der Waals surface area contributed by atoms with Crippen molar-refractivity contribution >= 4 is 0 Å². The first-order valence-corrected chi connectivity index (χ1v) is 7.70. The van der Waals surface area contributed by atoms with E-state index in [1.165, 1.54) is 38.5 Å². The lowest BCUT2D eigenvalue weighted by Gasteiger charge is -2.44. The first-order valence-electron chi connectivity index (χ1n) is 7.70. The fraction of sp³-hybridized carbons (Fsp3) is 1.00. The average Bonchev–Trinajstić information content (AvgIpc) is 2.24. The summed E-state index contributed by atoms with van der Waals surface area (Å²) in [6, 6.07) is 0.748. The van der Waals surface area contributed by atoms with Crippen LogP contribution in [0.3, 0.4) is 0 Å². The van der Waals surface area contributed by atoms with Crippen molar-refractivity contribution in [1.82, 2.24) is 5.32 Å². The minimum absolute atomic E-state index is 0.544. The Bertz CT molecular complexity index is 208. The molecule has 1 nitrogen and oxygen atoms in total. The highest BCUT2D eigenvalue weighted by Gasteiger charge is 2.36. The summed E-state index contributed by atoms with van der Waals surface area (Å²) in [5.74, 6) is 1.72. The third kappa shape index (κ3) is 4.62. The van der Waals surface area contributed by atoms with E-state index in [0.29, 0.717) is 5.41 Å². The molecular weight excluding hydrogens is 206 g/mol. The van der Waals surface area contributed by atoms with E-state index in [1.807, 2.05) is 0 Å². The minimum Gasteiger partial charge on any atom is -0.314 e. The molecule has 1 N–H and O–H groups in total. The summed E-state index contributed by atoms with van der Waals surface area (Å²) in [4.78, 5) is 0. The molecule has 0 aliphatic heterocycles. The third-order valence-corrected chi connectivity index (χ3v) is 4.60. The van der Waals surface area contributed by atoms with E-state index in [0.717, 1.165) is 24.4 Å². The maximum absolute atomic E-state index is 3.76. The second-order valence-corrected chi connectivity index (χ2v) is 6.98. The molecule has 1 rings (SSSR count). The lowest BCUT2D eigenvalue weighted by atomic mass is 9.65. The number of nitrogens with one attached hydrogen (secondary N) is 1. The molecule has 0 aromatic carbocycles. The Morgan fingerprint density at radius 1 is 1.18 bits per heavy atom. The zero-order chi connectivity index (χ0) is 12.9. The molecule has 2 unspecified atom stereocenters. The summed E-state index contributed by atoms with van der Waals surface area (Å²) in [6.45, 7) is 13.0. The van der Waals surface area contributed by atoms with Crippen LogP contribution in [0, 0.1) is 17.3 Å². The molecule has 1 aliphatic carbocycles. The monoisotopic (exact) mass is 239 g/mol. The van der Waals surface area contributed by atoms with Gasteiger partial charge in [-0.1, -0.05) is 47.5 Å². The van der Waals surface area contributed by atoms with Crippen LogP contribution in [0.15, 0.2) is 0 Å². The molecule has 1 aliphatic rings. The highest BCUT2D eigenvalue weighted by Crippen LogP contribution is 2.43. The van der Waals surface area contributed by atoms with Gasteiger partial charge in [-0.25, -0.2) is 0 Å². The van der Waals surface area contributed by atoms with Gasteiger partial charge in [-0.05, 0) is 49.5 Å². The maximum Gasteiger partial charge on any atom is 0.0100 e. The van der Waals surface area contributed by atoms with Crippen LogP contribution in [0.25, 0.3) is 0 Å². The summed E-state index contributed by atoms with van der Waals surface area (Å²) in [5, 5.41) is 3.76. The zero-order valence-corrected chi connectivity index (χ0v) is 12.7. The first kappa shape index (κ1) is 15.0. The molecule has 0 aromatic heterocycles. The van der Waals surface area contributed by atoms with Gasteiger partial charge in [0.2, 0.25) is 0 Å². The van der Waals surface area contributed by atoms with Gasteiger partial charge in [0.1, 0.15) is 0 Å². The highest BCUT2D eigenvalue weighted by molar-refractivity contribution is 4.90. The van der Waals surface area contributed by atoms with Gasteiger partial charge in [-0.3, -0.25) is 0 Å². The van der Waals surface area contributed by atoms with Crippen molar-refractivity contribution in [2.24, 2.45) is 17.3 Å². The summed E-state index contributed by atoms with van der Waals surface area (Å²) in [6.07, 6.45) is 8.46. The molecule has 102 valence electrons. The standard InChI is InChI=1S/C16H33N/c1-6-17-15(11-10-13(2)3)14-9-7-8-12-16(14,4)5/h13-15,17H,6-12H2,1-5H3. The molecular formula is C16H33N. The van der Waals surface area contributed by atoms with Crippen molar-refractivity contribution in [1.29, 1.82) is 0 Å². The van der Waals surface area contributed by atoms with Gasteiger partial charge in [-0.2, -0.15) is 0 Å². The van der Waals surface area contributed by atoms with Gasteiger partial charge < -0.3 is 5.32 Å². The van der Waals surface area contributed by atoms with Crippen molar-refractivity contribution in [2.75, 3.05) is 6.54 Å². The molecule has 1 heteroatoms. The van der Waals surface area contributed by atoms with Crippen molar-refractivity contribution < 1.29 is 0 Å². The Morgan fingerprint density at radius 3 is 2.41 bits per heavy atom. The smallest absolute Gasteiger partial charge is 0.0100 e. The molecule has 0 bridgehead atoms. The fourth-order valence-corrected chi connectivity index (χ4v) is 3.49. The molecule has 0 spiro atoms. The van der Waals surface area contributed by atoms with Crippen LogP contribution >= 0.6 is 0 Å². The Hall–Kier alpha value is -0.0400. The van der Waals surface area contributed by atoms with Crippen molar-refractivity contribution in [3.63, 3.8) is 0 Å². The zero-order valence-electron chi connectivity index (χ0n) is 12.7. The Balaban J connectivity index is 2.60. The molecule has 1 fully saturated rings. The normalized spacial score (nSPS) is 26.1. The molecule has 1 saturated carbocycles. The number of hydrogen-bond donors (Lipinski definition) is 1. The van der Waals surface area contributed by atoms with E-state index in [4.69, 9.17) is 0 Å². The Morgan fingerprint density at radius 2 is 1.88 bits per heavy atom. The number of hydrogen-bond acceptors (Lipinski definition) is 1. The minimum atomic E-state index is 0.544. The maximum atomic E-state index is 3.76. The molecule has 0 radical (unpaired) electrons. The lowest BCUT2D eigenvalue weighted by molar-refractivity contribution is 0.0930. The average molecular weight is 239 g/mol. The SMILES string of the molecule is CCNC(CCC(C)C)C1CCCCC1(C)C. The van der Waals surface area contributed by atoms with E-state index in [1.54, 1.807) is 0 Å². The van der Waals surface area contributed by atoms with Crippen LogP contribution in [0.1, 0.15) is 73.1 Å². The van der Waals surface area contributed by atoms with E-state index in [2.05, 4.69) is 39.9 Å². The summed E-state index contributed by atoms with van der Waals surface area (Å²) < 4.78 is 0. The fourth-order valence-electron chi connectivity index (χ4n) is 3.49. The van der Waals surface area contributed by atoms with Crippen molar-refractivity contribution in [2.45, 2.75) is 79.2 Å². The second kappa shape index (κ2) is 6.78. The van der Waals surface area contributed by atoms with Crippen LogP contribution in [-0.4, -0.2) is 12.6 Å². The van der Waals surface area contributed by atoms with Gasteiger partial charge in [0.15, 0.2) is 0 Å². The van der Waals surface area contributed by atoms with Gasteiger partial charge in [-0.15, -0.1) is 0 Å². The van der Waals surface area contributed by atoms with E-state index in [9.17, 15) is 0 Å².